The van der Waals surface area contributed by atoms with E-state index in [0.717, 1.165) is 16.9 Å². The van der Waals surface area contributed by atoms with Crippen LogP contribution < -0.4 is 9.47 Å². The molecule has 0 unspecified atom stereocenters. The van der Waals surface area contributed by atoms with Crippen LogP contribution in [0, 0.1) is 11.3 Å². The highest BCUT2D eigenvalue weighted by Crippen LogP contribution is 2.28. The fourth-order valence-electron chi connectivity index (χ4n) is 2.48. The van der Waals surface area contributed by atoms with Crippen LogP contribution in [0.3, 0.4) is 0 Å². The van der Waals surface area contributed by atoms with E-state index in [1.165, 1.54) is 0 Å². The maximum absolute atomic E-state index is 9.20. The summed E-state index contributed by atoms with van der Waals surface area (Å²) in [4.78, 5) is 4.43. The van der Waals surface area contributed by atoms with Gasteiger partial charge in [0.25, 0.3) is 0 Å². The second-order valence-electron chi connectivity index (χ2n) is 4.81. The fraction of sp³-hybridized carbons (Fsp3) is 0.176. The lowest BCUT2D eigenvalue weighted by atomic mass is 10.1. The number of methoxy groups -OCH3 is 2. The van der Waals surface area contributed by atoms with Gasteiger partial charge in [0.2, 0.25) is 0 Å². The first-order valence-corrected chi connectivity index (χ1v) is 6.83. The van der Waals surface area contributed by atoms with E-state index in [9.17, 15) is 5.26 Å². The molecule has 110 valence electrons. The van der Waals surface area contributed by atoms with Gasteiger partial charge in [-0.15, -0.1) is 0 Å². The van der Waals surface area contributed by atoms with E-state index in [4.69, 9.17) is 9.47 Å². The third kappa shape index (κ3) is 2.35. The predicted molar refractivity (Wildman–Crippen MR) is 82.3 cm³/mol. The highest BCUT2D eigenvalue weighted by Gasteiger charge is 2.12. The Morgan fingerprint density at radius 3 is 2.68 bits per heavy atom. The Morgan fingerprint density at radius 1 is 1.14 bits per heavy atom. The largest absolute Gasteiger partial charge is 0.493 e. The van der Waals surface area contributed by atoms with Gasteiger partial charge in [-0.2, -0.15) is 5.26 Å². The van der Waals surface area contributed by atoms with Crippen molar-refractivity contribution in [1.82, 2.24) is 9.38 Å². The minimum absolute atomic E-state index is 0.441. The quantitative estimate of drug-likeness (QED) is 0.742. The van der Waals surface area contributed by atoms with E-state index in [0.29, 0.717) is 23.6 Å². The Morgan fingerprint density at radius 2 is 1.95 bits per heavy atom. The molecule has 3 aromatic rings. The average Bonchev–Trinajstić information content (AvgIpc) is 2.93. The van der Waals surface area contributed by atoms with Crippen molar-refractivity contribution in [1.29, 1.82) is 5.26 Å². The molecular formula is C17H15N3O2. The molecule has 0 N–H and O–H groups in total. The van der Waals surface area contributed by atoms with Crippen LogP contribution in [0.5, 0.6) is 11.5 Å². The molecule has 5 heteroatoms. The van der Waals surface area contributed by atoms with Crippen LogP contribution in [0.25, 0.3) is 5.52 Å². The summed E-state index contributed by atoms with van der Waals surface area (Å²) in [5.41, 5.74) is 2.30. The van der Waals surface area contributed by atoms with E-state index < -0.39 is 0 Å². The van der Waals surface area contributed by atoms with Gasteiger partial charge in [0, 0.05) is 12.6 Å². The number of aromatic nitrogens is 2. The van der Waals surface area contributed by atoms with Crippen molar-refractivity contribution in [2.24, 2.45) is 0 Å². The number of hydrogen-bond acceptors (Lipinski definition) is 4. The highest BCUT2D eigenvalue weighted by molar-refractivity contribution is 5.59. The number of nitrogens with zero attached hydrogens (tertiary/aromatic N) is 3. The van der Waals surface area contributed by atoms with E-state index in [2.05, 4.69) is 11.1 Å². The molecule has 2 aromatic heterocycles. The van der Waals surface area contributed by atoms with Crippen molar-refractivity contribution in [2.45, 2.75) is 6.42 Å². The van der Waals surface area contributed by atoms with Gasteiger partial charge >= 0.3 is 0 Å². The summed E-state index contributed by atoms with van der Waals surface area (Å²) in [5, 5.41) is 9.20. The number of hydrogen-bond donors (Lipinski definition) is 0. The summed E-state index contributed by atoms with van der Waals surface area (Å²) < 4.78 is 12.5. The van der Waals surface area contributed by atoms with Crippen LogP contribution in [0.15, 0.2) is 42.6 Å². The lowest BCUT2D eigenvalue weighted by molar-refractivity contribution is 0.354. The van der Waals surface area contributed by atoms with Crippen LogP contribution >= 0.6 is 0 Å². The molecule has 2 heterocycles. The average molecular weight is 293 g/mol. The van der Waals surface area contributed by atoms with Crippen molar-refractivity contribution in [3.05, 3.63) is 59.7 Å². The van der Waals surface area contributed by atoms with Crippen LogP contribution in [0.1, 0.15) is 17.1 Å². The Bertz CT molecular complexity index is 862. The maximum Gasteiger partial charge on any atom is 0.166 e. The molecule has 0 saturated carbocycles. The standard InChI is InChI=1S/C17H15N3O2/c1-21-15-7-6-12(9-16(15)22-2)10-17-19-13(11-18)14-5-3-4-8-20(14)17/h3-9H,10H2,1-2H3. The molecule has 22 heavy (non-hydrogen) atoms. The summed E-state index contributed by atoms with van der Waals surface area (Å²) in [7, 11) is 3.22. The second-order valence-corrected chi connectivity index (χ2v) is 4.81. The molecule has 0 radical (unpaired) electrons. The molecule has 0 aliphatic carbocycles. The summed E-state index contributed by atoms with van der Waals surface area (Å²) in [5.74, 6) is 2.19. The number of imidazole rings is 1. The predicted octanol–water partition coefficient (Wildman–Crippen LogP) is 2.81. The third-order valence-corrected chi connectivity index (χ3v) is 3.54. The van der Waals surface area contributed by atoms with E-state index in [1.54, 1.807) is 14.2 Å². The summed E-state index contributed by atoms with van der Waals surface area (Å²) >= 11 is 0. The zero-order valence-corrected chi connectivity index (χ0v) is 12.4. The zero-order chi connectivity index (χ0) is 15.5. The van der Waals surface area contributed by atoms with Gasteiger partial charge in [0.1, 0.15) is 11.9 Å². The van der Waals surface area contributed by atoms with Crippen molar-refractivity contribution < 1.29 is 9.47 Å². The normalized spacial score (nSPS) is 10.4. The van der Waals surface area contributed by atoms with Gasteiger partial charge in [-0.25, -0.2) is 4.98 Å². The molecule has 0 atom stereocenters. The molecule has 0 fully saturated rings. The number of rotatable bonds is 4. The number of pyridine rings is 1. The molecule has 0 amide bonds. The molecule has 0 bridgehead atoms. The Labute approximate surface area is 128 Å². The minimum Gasteiger partial charge on any atom is -0.493 e. The van der Waals surface area contributed by atoms with Gasteiger partial charge < -0.3 is 13.9 Å². The first-order chi connectivity index (χ1) is 10.8. The Hall–Kier alpha value is -3.00. The summed E-state index contributed by atoms with van der Waals surface area (Å²) in [6, 6.07) is 13.6. The topological polar surface area (TPSA) is 59.5 Å². The molecule has 3 rings (SSSR count). The molecule has 5 nitrogen and oxygen atoms in total. The first-order valence-electron chi connectivity index (χ1n) is 6.83. The zero-order valence-electron chi connectivity index (χ0n) is 12.4. The molecular weight excluding hydrogens is 278 g/mol. The van der Waals surface area contributed by atoms with Crippen molar-refractivity contribution in [3.63, 3.8) is 0 Å². The SMILES string of the molecule is COc1ccc(Cc2nc(C#N)c3ccccn23)cc1OC. The second kappa shape index (κ2) is 5.78. The molecule has 0 aliphatic heterocycles. The molecule has 0 spiro atoms. The van der Waals surface area contributed by atoms with Crippen molar-refractivity contribution >= 4 is 5.52 Å². The summed E-state index contributed by atoms with van der Waals surface area (Å²) in [6.45, 7) is 0. The minimum atomic E-state index is 0.441. The molecule has 1 aromatic carbocycles. The van der Waals surface area contributed by atoms with Gasteiger partial charge in [0.15, 0.2) is 17.2 Å². The Kier molecular flexibility index (Phi) is 3.67. The van der Waals surface area contributed by atoms with Crippen LogP contribution in [0.2, 0.25) is 0 Å². The lowest BCUT2D eigenvalue weighted by Gasteiger charge is -2.09. The van der Waals surface area contributed by atoms with Crippen molar-refractivity contribution in [3.8, 4) is 17.6 Å². The monoisotopic (exact) mass is 293 g/mol. The number of nitriles is 1. The van der Waals surface area contributed by atoms with Gasteiger partial charge in [-0.3, -0.25) is 0 Å². The number of fused-ring (bicyclic) bond motifs is 1. The smallest absolute Gasteiger partial charge is 0.166 e. The van der Waals surface area contributed by atoms with E-state index in [-0.39, 0.29) is 0 Å². The first kappa shape index (κ1) is 14.0. The van der Waals surface area contributed by atoms with Gasteiger partial charge in [-0.05, 0) is 29.8 Å². The van der Waals surface area contributed by atoms with Crippen LogP contribution in [0.4, 0.5) is 0 Å². The molecule has 0 aliphatic rings. The third-order valence-electron chi connectivity index (χ3n) is 3.54. The van der Waals surface area contributed by atoms with E-state index >= 15 is 0 Å². The number of benzene rings is 1. The van der Waals surface area contributed by atoms with Crippen molar-refractivity contribution in [2.75, 3.05) is 14.2 Å². The van der Waals surface area contributed by atoms with E-state index in [1.807, 2.05) is 47.0 Å². The van der Waals surface area contributed by atoms with Crippen LogP contribution in [-0.2, 0) is 6.42 Å². The van der Waals surface area contributed by atoms with Gasteiger partial charge in [0.05, 0.1) is 19.7 Å². The lowest BCUT2D eigenvalue weighted by Crippen LogP contribution is -1.97. The summed E-state index contributed by atoms with van der Waals surface area (Å²) in [6.07, 6.45) is 2.52. The van der Waals surface area contributed by atoms with Crippen LogP contribution in [-0.4, -0.2) is 23.6 Å². The fourth-order valence-corrected chi connectivity index (χ4v) is 2.48. The number of ether oxygens (including phenoxy) is 2. The Balaban J connectivity index is 2.02. The van der Waals surface area contributed by atoms with Gasteiger partial charge in [-0.1, -0.05) is 12.1 Å². The maximum atomic E-state index is 9.20. The molecule has 0 saturated heterocycles. The highest BCUT2D eigenvalue weighted by atomic mass is 16.5.